The zero-order valence-electron chi connectivity index (χ0n) is 8.98. The second-order valence-corrected chi connectivity index (χ2v) is 4.16. The highest BCUT2D eigenvalue weighted by Crippen LogP contribution is 2.41. The van der Waals surface area contributed by atoms with Crippen molar-refractivity contribution >= 4 is 5.69 Å². The number of halogens is 2. The number of aryl methyl sites for hydroxylation is 1. The van der Waals surface area contributed by atoms with Gasteiger partial charge in [0, 0.05) is 19.2 Å². The van der Waals surface area contributed by atoms with E-state index >= 15 is 0 Å². The maximum absolute atomic E-state index is 13.3. The predicted molar refractivity (Wildman–Crippen MR) is 57.7 cm³/mol. The molecule has 1 aliphatic rings. The quantitative estimate of drug-likeness (QED) is 0.790. The fourth-order valence-corrected chi connectivity index (χ4v) is 2.06. The number of nitrogens with one attached hydrogen (secondary N) is 1. The molecule has 0 aromatic heterocycles. The molecule has 15 heavy (non-hydrogen) atoms. The van der Waals surface area contributed by atoms with Crippen LogP contribution in [-0.2, 0) is 6.42 Å². The molecule has 3 heteroatoms. The summed E-state index contributed by atoms with van der Waals surface area (Å²) < 4.78 is 26.6. The molecule has 0 spiro atoms. The van der Waals surface area contributed by atoms with Crippen LogP contribution in [-0.4, -0.2) is 12.5 Å². The first kappa shape index (κ1) is 10.4. The van der Waals surface area contributed by atoms with Crippen molar-refractivity contribution in [1.82, 2.24) is 0 Å². The second-order valence-electron chi connectivity index (χ2n) is 4.16. The molecular weight excluding hydrogens is 196 g/mol. The van der Waals surface area contributed by atoms with Gasteiger partial charge in [-0.15, -0.1) is 0 Å². The first-order valence-corrected chi connectivity index (χ1v) is 5.27. The third-order valence-corrected chi connectivity index (χ3v) is 3.01. The van der Waals surface area contributed by atoms with E-state index in [1.54, 1.807) is 0 Å². The van der Waals surface area contributed by atoms with E-state index in [0.29, 0.717) is 6.54 Å². The molecule has 82 valence electrons. The van der Waals surface area contributed by atoms with Crippen molar-refractivity contribution in [1.29, 1.82) is 0 Å². The van der Waals surface area contributed by atoms with E-state index in [0.717, 1.165) is 30.2 Å². The summed E-state index contributed by atoms with van der Waals surface area (Å²) >= 11 is 0. The molecule has 0 fully saturated rings. The average molecular weight is 211 g/mol. The van der Waals surface area contributed by atoms with Gasteiger partial charge in [-0.05, 0) is 23.6 Å². The standard InChI is InChI=1S/C12H15F2N/c1-3-8-4-5-11-9(6-8)10(7-15-11)12(2,13)14/h4-6,10,15H,3,7H2,1-2H3. The lowest BCUT2D eigenvalue weighted by Gasteiger charge is -2.18. The molecule has 1 heterocycles. The minimum Gasteiger partial charge on any atom is -0.384 e. The molecule has 1 N–H and O–H groups in total. The molecule has 1 aromatic carbocycles. The summed E-state index contributed by atoms with van der Waals surface area (Å²) in [6.45, 7) is 3.36. The van der Waals surface area contributed by atoms with Crippen molar-refractivity contribution in [2.75, 3.05) is 11.9 Å². The Morgan fingerprint density at radius 1 is 1.47 bits per heavy atom. The summed E-state index contributed by atoms with van der Waals surface area (Å²) in [6.07, 6.45) is 0.884. The van der Waals surface area contributed by atoms with E-state index in [4.69, 9.17) is 0 Å². The van der Waals surface area contributed by atoms with E-state index in [2.05, 4.69) is 5.32 Å². The summed E-state index contributed by atoms with van der Waals surface area (Å²) in [6, 6.07) is 5.79. The number of anilines is 1. The van der Waals surface area contributed by atoms with Crippen molar-refractivity contribution in [3.05, 3.63) is 29.3 Å². The van der Waals surface area contributed by atoms with E-state index in [1.807, 2.05) is 25.1 Å². The van der Waals surface area contributed by atoms with Crippen molar-refractivity contribution in [2.45, 2.75) is 32.1 Å². The number of alkyl halides is 2. The van der Waals surface area contributed by atoms with Gasteiger partial charge in [0.15, 0.2) is 0 Å². The molecule has 1 aliphatic heterocycles. The minimum atomic E-state index is -2.65. The molecule has 0 amide bonds. The smallest absolute Gasteiger partial charge is 0.253 e. The zero-order chi connectivity index (χ0) is 11.1. The summed E-state index contributed by atoms with van der Waals surface area (Å²) in [5.41, 5.74) is 2.74. The third-order valence-electron chi connectivity index (χ3n) is 3.01. The lowest BCUT2D eigenvalue weighted by atomic mass is 9.94. The van der Waals surface area contributed by atoms with Gasteiger partial charge in [0.05, 0.1) is 5.92 Å². The molecule has 1 unspecified atom stereocenters. The predicted octanol–water partition coefficient (Wildman–Crippen LogP) is 3.41. The van der Waals surface area contributed by atoms with Gasteiger partial charge in [0.2, 0.25) is 0 Å². The van der Waals surface area contributed by atoms with Crippen LogP contribution in [0.15, 0.2) is 18.2 Å². The van der Waals surface area contributed by atoms with Gasteiger partial charge in [0.25, 0.3) is 5.92 Å². The molecule has 1 aromatic rings. The van der Waals surface area contributed by atoms with E-state index in [1.165, 1.54) is 0 Å². The Morgan fingerprint density at radius 3 is 2.80 bits per heavy atom. The van der Waals surface area contributed by atoms with Crippen LogP contribution >= 0.6 is 0 Å². The van der Waals surface area contributed by atoms with Crippen molar-refractivity contribution in [3.8, 4) is 0 Å². The van der Waals surface area contributed by atoms with Crippen LogP contribution in [0.4, 0.5) is 14.5 Å². The van der Waals surface area contributed by atoms with E-state index < -0.39 is 11.8 Å². The average Bonchev–Trinajstić information content (AvgIpc) is 2.59. The van der Waals surface area contributed by atoms with Gasteiger partial charge in [-0.2, -0.15) is 0 Å². The van der Waals surface area contributed by atoms with Gasteiger partial charge in [-0.1, -0.05) is 19.1 Å². The second kappa shape index (κ2) is 3.47. The molecule has 0 saturated carbocycles. The molecule has 0 aliphatic carbocycles. The fraction of sp³-hybridized carbons (Fsp3) is 0.500. The third kappa shape index (κ3) is 1.83. The summed E-state index contributed by atoms with van der Waals surface area (Å²) in [5, 5.41) is 3.03. The van der Waals surface area contributed by atoms with Crippen LogP contribution in [0, 0.1) is 0 Å². The normalized spacial score (nSPS) is 19.9. The molecule has 0 saturated heterocycles. The molecule has 0 radical (unpaired) electrons. The van der Waals surface area contributed by atoms with Crippen LogP contribution in [0.3, 0.4) is 0 Å². The number of rotatable bonds is 2. The van der Waals surface area contributed by atoms with Crippen LogP contribution in [0.2, 0.25) is 0 Å². The van der Waals surface area contributed by atoms with Crippen molar-refractivity contribution in [3.63, 3.8) is 0 Å². The highest BCUT2D eigenvalue weighted by atomic mass is 19.3. The Balaban J connectivity index is 2.40. The van der Waals surface area contributed by atoms with E-state index in [9.17, 15) is 8.78 Å². The van der Waals surface area contributed by atoms with Gasteiger partial charge in [-0.3, -0.25) is 0 Å². The fourth-order valence-electron chi connectivity index (χ4n) is 2.06. The lowest BCUT2D eigenvalue weighted by molar-refractivity contribution is -0.00186. The maximum Gasteiger partial charge on any atom is 0.253 e. The Labute approximate surface area is 88.5 Å². The first-order chi connectivity index (χ1) is 7.02. The molecular formula is C12H15F2N. The minimum absolute atomic E-state index is 0.339. The number of benzene rings is 1. The van der Waals surface area contributed by atoms with E-state index in [-0.39, 0.29) is 0 Å². The zero-order valence-corrected chi connectivity index (χ0v) is 8.98. The maximum atomic E-state index is 13.3. The Bertz CT molecular complexity index is 368. The van der Waals surface area contributed by atoms with Gasteiger partial charge >= 0.3 is 0 Å². The Hall–Kier alpha value is -1.12. The first-order valence-electron chi connectivity index (χ1n) is 5.27. The summed E-state index contributed by atoms with van der Waals surface area (Å²) in [5.74, 6) is -3.33. The monoisotopic (exact) mass is 211 g/mol. The highest BCUT2D eigenvalue weighted by Gasteiger charge is 2.39. The van der Waals surface area contributed by atoms with Gasteiger partial charge in [-0.25, -0.2) is 8.78 Å². The number of hydrogen-bond donors (Lipinski definition) is 1. The molecule has 0 bridgehead atoms. The SMILES string of the molecule is CCc1ccc2c(c1)C(C(C)(F)F)CN2. The van der Waals surface area contributed by atoms with Crippen LogP contribution in [0.25, 0.3) is 0 Å². The Kier molecular flexibility index (Phi) is 2.41. The van der Waals surface area contributed by atoms with Crippen LogP contribution in [0.1, 0.15) is 30.9 Å². The summed E-state index contributed by atoms with van der Waals surface area (Å²) in [7, 11) is 0. The summed E-state index contributed by atoms with van der Waals surface area (Å²) in [4.78, 5) is 0. The number of hydrogen-bond acceptors (Lipinski definition) is 1. The Morgan fingerprint density at radius 2 is 2.20 bits per heavy atom. The lowest BCUT2D eigenvalue weighted by Crippen LogP contribution is -2.23. The van der Waals surface area contributed by atoms with Crippen molar-refractivity contribution in [2.24, 2.45) is 0 Å². The van der Waals surface area contributed by atoms with Crippen LogP contribution in [0.5, 0.6) is 0 Å². The molecule has 1 nitrogen and oxygen atoms in total. The van der Waals surface area contributed by atoms with Gasteiger partial charge < -0.3 is 5.32 Å². The van der Waals surface area contributed by atoms with Crippen LogP contribution < -0.4 is 5.32 Å². The highest BCUT2D eigenvalue weighted by molar-refractivity contribution is 5.59. The molecule has 1 atom stereocenters. The topological polar surface area (TPSA) is 12.0 Å². The molecule has 2 rings (SSSR count). The number of fused-ring (bicyclic) bond motifs is 1. The van der Waals surface area contributed by atoms with Gasteiger partial charge in [0.1, 0.15) is 0 Å². The van der Waals surface area contributed by atoms with Crippen molar-refractivity contribution < 1.29 is 8.78 Å². The largest absolute Gasteiger partial charge is 0.384 e.